The van der Waals surface area contributed by atoms with Crippen molar-refractivity contribution in [2.75, 3.05) is 5.73 Å². The van der Waals surface area contributed by atoms with Crippen molar-refractivity contribution in [1.29, 1.82) is 0 Å². The highest BCUT2D eigenvalue weighted by atomic mass is 16.3. The van der Waals surface area contributed by atoms with Gasteiger partial charge in [0.15, 0.2) is 11.4 Å². The molecule has 3 aromatic heterocycles. The van der Waals surface area contributed by atoms with Crippen LogP contribution in [-0.4, -0.2) is 14.6 Å². The van der Waals surface area contributed by atoms with E-state index < -0.39 is 0 Å². The number of aromatic nitrogens is 3. The summed E-state index contributed by atoms with van der Waals surface area (Å²) in [6.07, 6.45) is 1.72. The Bertz CT molecular complexity index is 653. The van der Waals surface area contributed by atoms with Crippen molar-refractivity contribution in [2.24, 2.45) is 0 Å². The minimum Gasteiger partial charge on any atom is -0.458 e. The largest absolute Gasteiger partial charge is 0.458 e. The predicted molar refractivity (Wildman–Crippen MR) is 59.8 cm³/mol. The summed E-state index contributed by atoms with van der Waals surface area (Å²) in [7, 11) is 0. The van der Waals surface area contributed by atoms with Gasteiger partial charge in [-0.15, -0.1) is 5.10 Å². The molecule has 0 aliphatic heterocycles. The number of nitrogen functional groups attached to an aromatic ring is 1. The molecule has 0 atom stereocenters. The summed E-state index contributed by atoms with van der Waals surface area (Å²) in [6, 6.07) is 7.35. The van der Waals surface area contributed by atoms with Crippen LogP contribution >= 0.6 is 0 Å². The van der Waals surface area contributed by atoms with Gasteiger partial charge in [0.2, 0.25) is 5.82 Å². The molecule has 0 aliphatic carbocycles. The molecule has 0 amide bonds. The van der Waals surface area contributed by atoms with Crippen molar-refractivity contribution in [2.45, 2.75) is 6.92 Å². The van der Waals surface area contributed by atoms with Gasteiger partial charge >= 0.3 is 0 Å². The van der Waals surface area contributed by atoms with E-state index in [1.165, 1.54) is 0 Å². The van der Waals surface area contributed by atoms with Crippen LogP contribution in [0.25, 0.3) is 17.2 Å². The highest BCUT2D eigenvalue weighted by Crippen LogP contribution is 2.19. The minimum absolute atomic E-state index is 0.568. The predicted octanol–water partition coefficient (Wildman–Crippen LogP) is 1.88. The number of fused-ring (bicyclic) bond motifs is 1. The fraction of sp³-hybridized carbons (Fsp3) is 0.0909. The number of anilines is 1. The number of hydrogen-bond donors (Lipinski definition) is 1. The summed E-state index contributed by atoms with van der Waals surface area (Å²) in [6.45, 7) is 1.89. The van der Waals surface area contributed by atoms with E-state index in [9.17, 15) is 0 Å². The van der Waals surface area contributed by atoms with Crippen LogP contribution in [0.1, 0.15) is 5.76 Å². The Hall–Kier alpha value is -2.30. The number of aryl methyl sites for hydroxylation is 1. The molecule has 0 aliphatic rings. The fourth-order valence-electron chi connectivity index (χ4n) is 1.56. The maximum Gasteiger partial charge on any atom is 0.217 e. The van der Waals surface area contributed by atoms with Crippen molar-refractivity contribution >= 4 is 11.3 Å². The van der Waals surface area contributed by atoms with Crippen molar-refractivity contribution in [3.05, 3.63) is 36.2 Å². The van der Waals surface area contributed by atoms with Gasteiger partial charge in [-0.1, -0.05) is 0 Å². The van der Waals surface area contributed by atoms with Crippen LogP contribution in [0.4, 0.5) is 5.69 Å². The summed E-state index contributed by atoms with van der Waals surface area (Å²) in [5, 5.41) is 4.29. The molecule has 0 unspecified atom stereocenters. The summed E-state index contributed by atoms with van der Waals surface area (Å²) in [5.74, 6) is 2.08. The SMILES string of the molecule is Cc1ccc(-c2nc3ccc(N)cn3n2)o1. The molecule has 0 fully saturated rings. The van der Waals surface area contributed by atoms with Crippen molar-refractivity contribution in [3.8, 4) is 11.6 Å². The first-order chi connectivity index (χ1) is 7.72. The van der Waals surface area contributed by atoms with Gasteiger partial charge in [0.05, 0.1) is 11.9 Å². The molecule has 5 heteroatoms. The number of pyridine rings is 1. The molecule has 3 heterocycles. The molecule has 3 rings (SSSR count). The Balaban J connectivity index is 2.18. The zero-order chi connectivity index (χ0) is 11.1. The molecule has 0 saturated carbocycles. The minimum atomic E-state index is 0.568. The number of nitrogens with zero attached hydrogens (tertiary/aromatic N) is 3. The monoisotopic (exact) mass is 214 g/mol. The van der Waals surface area contributed by atoms with Crippen molar-refractivity contribution in [3.63, 3.8) is 0 Å². The molecule has 80 valence electrons. The van der Waals surface area contributed by atoms with Crippen LogP contribution in [0.3, 0.4) is 0 Å². The normalized spacial score (nSPS) is 11.1. The summed E-state index contributed by atoms with van der Waals surface area (Å²) < 4.78 is 7.10. The quantitative estimate of drug-likeness (QED) is 0.671. The van der Waals surface area contributed by atoms with Crippen LogP contribution in [0.2, 0.25) is 0 Å². The Kier molecular flexibility index (Phi) is 1.73. The van der Waals surface area contributed by atoms with E-state index in [1.807, 2.05) is 25.1 Å². The van der Waals surface area contributed by atoms with Crippen LogP contribution in [0, 0.1) is 6.92 Å². The van der Waals surface area contributed by atoms with E-state index in [4.69, 9.17) is 10.2 Å². The second kappa shape index (κ2) is 3.10. The highest BCUT2D eigenvalue weighted by Gasteiger charge is 2.09. The zero-order valence-corrected chi connectivity index (χ0v) is 8.71. The Morgan fingerprint density at radius 1 is 1.25 bits per heavy atom. The lowest BCUT2D eigenvalue weighted by molar-refractivity contribution is 0.544. The molecule has 5 nitrogen and oxygen atoms in total. The maximum atomic E-state index is 5.66. The topological polar surface area (TPSA) is 69.3 Å². The smallest absolute Gasteiger partial charge is 0.217 e. The van der Waals surface area contributed by atoms with E-state index in [0.29, 0.717) is 17.3 Å². The Morgan fingerprint density at radius 2 is 2.12 bits per heavy atom. The Labute approximate surface area is 91.5 Å². The van der Waals surface area contributed by atoms with Gasteiger partial charge in [0.25, 0.3) is 0 Å². The van der Waals surface area contributed by atoms with Gasteiger partial charge in [-0.25, -0.2) is 9.50 Å². The molecular weight excluding hydrogens is 204 g/mol. The van der Waals surface area contributed by atoms with Crippen LogP contribution in [0.5, 0.6) is 0 Å². The summed E-state index contributed by atoms with van der Waals surface area (Å²) in [4.78, 5) is 4.34. The molecule has 2 N–H and O–H groups in total. The number of hydrogen-bond acceptors (Lipinski definition) is 4. The summed E-state index contributed by atoms with van der Waals surface area (Å²) >= 11 is 0. The first kappa shape index (κ1) is 8.96. The third kappa shape index (κ3) is 1.33. The molecule has 0 radical (unpaired) electrons. The fourth-order valence-corrected chi connectivity index (χ4v) is 1.56. The summed E-state index contributed by atoms with van der Waals surface area (Å²) in [5.41, 5.74) is 7.06. The maximum absolute atomic E-state index is 5.66. The van der Waals surface area contributed by atoms with Gasteiger partial charge < -0.3 is 10.2 Å². The van der Waals surface area contributed by atoms with Crippen LogP contribution in [-0.2, 0) is 0 Å². The number of furan rings is 1. The molecule has 0 saturated heterocycles. The highest BCUT2D eigenvalue weighted by molar-refractivity contribution is 5.54. The van der Waals surface area contributed by atoms with Gasteiger partial charge in [-0.3, -0.25) is 0 Å². The van der Waals surface area contributed by atoms with E-state index in [-0.39, 0.29) is 0 Å². The van der Waals surface area contributed by atoms with Crippen LogP contribution < -0.4 is 5.73 Å². The number of rotatable bonds is 1. The lowest BCUT2D eigenvalue weighted by Crippen LogP contribution is -1.91. The zero-order valence-electron chi connectivity index (χ0n) is 8.71. The number of nitrogens with two attached hydrogens (primary N) is 1. The average Bonchev–Trinajstić information content (AvgIpc) is 2.83. The molecule has 0 aromatic carbocycles. The van der Waals surface area contributed by atoms with Crippen LogP contribution in [0.15, 0.2) is 34.9 Å². The van der Waals surface area contributed by atoms with E-state index in [0.717, 1.165) is 11.4 Å². The van der Waals surface area contributed by atoms with Gasteiger partial charge in [-0.2, -0.15) is 0 Å². The van der Waals surface area contributed by atoms with Gasteiger partial charge in [0, 0.05) is 0 Å². The second-order valence-electron chi connectivity index (χ2n) is 3.61. The standard InChI is InChI=1S/C11H10N4O/c1-7-2-4-9(16-7)11-13-10-5-3-8(12)6-15(10)14-11/h2-6H,12H2,1H3. The first-order valence-corrected chi connectivity index (χ1v) is 4.91. The Morgan fingerprint density at radius 3 is 2.88 bits per heavy atom. The van der Waals surface area contributed by atoms with E-state index in [1.54, 1.807) is 16.8 Å². The molecule has 0 spiro atoms. The molecule has 16 heavy (non-hydrogen) atoms. The lowest BCUT2D eigenvalue weighted by Gasteiger charge is -1.91. The van der Waals surface area contributed by atoms with Gasteiger partial charge in [0.1, 0.15) is 5.76 Å². The van der Waals surface area contributed by atoms with E-state index in [2.05, 4.69) is 10.1 Å². The third-order valence-electron chi connectivity index (χ3n) is 2.31. The molecule has 0 bridgehead atoms. The molecule has 3 aromatic rings. The van der Waals surface area contributed by atoms with E-state index >= 15 is 0 Å². The average molecular weight is 214 g/mol. The molecular formula is C11H10N4O. The van der Waals surface area contributed by atoms with Crippen molar-refractivity contribution in [1.82, 2.24) is 14.6 Å². The first-order valence-electron chi connectivity index (χ1n) is 4.91. The van der Waals surface area contributed by atoms with Gasteiger partial charge in [-0.05, 0) is 31.2 Å². The third-order valence-corrected chi connectivity index (χ3v) is 2.31. The van der Waals surface area contributed by atoms with Crippen molar-refractivity contribution < 1.29 is 4.42 Å². The second-order valence-corrected chi connectivity index (χ2v) is 3.61. The lowest BCUT2D eigenvalue weighted by atomic mass is 10.4.